The number of nitriles is 1. The minimum Gasteiger partial charge on any atom is -0.497 e. The molecule has 2 aromatic carbocycles. The summed E-state index contributed by atoms with van der Waals surface area (Å²) in [6.07, 6.45) is 0.625. The van der Waals surface area contributed by atoms with Gasteiger partial charge in [0.1, 0.15) is 17.5 Å². The number of imidazole rings is 1. The second-order valence-electron chi connectivity index (χ2n) is 4.87. The number of methoxy groups -OCH3 is 1. The van der Waals surface area contributed by atoms with Crippen molar-refractivity contribution in [2.45, 2.75) is 12.3 Å². The molecule has 0 bridgehead atoms. The van der Waals surface area contributed by atoms with Gasteiger partial charge in [0.2, 0.25) is 0 Å². The number of fused-ring (bicyclic) bond motifs is 1. The maximum atomic E-state index is 9.43. The molecule has 104 valence electrons. The van der Waals surface area contributed by atoms with Crippen LogP contribution in [0.1, 0.15) is 17.3 Å². The van der Waals surface area contributed by atoms with Gasteiger partial charge >= 0.3 is 0 Å². The maximum Gasteiger partial charge on any atom is 0.124 e. The smallest absolute Gasteiger partial charge is 0.124 e. The van der Waals surface area contributed by atoms with Crippen LogP contribution in [0.5, 0.6) is 5.75 Å². The molecule has 1 aromatic heterocycles. The maximum absolute atomic E-state index is 9.43. The Kier molecular flexibility index (Phi) is 3.57. The highest BCUT2D eigenvalue weighted by molar-refractivity contribution is 5.74. The van der Waals surface area contributed by atoms with Crippen LogP contribution in [0.2, 0.25) is 0 Å². The van der Waals surface area contributed by atoms with E-state index in [4.69, 9.17) is 4.74 Å². The van der Waals surface area contributed by atoms with Gasteiger partial charge in [0, 0.05) is 0 Å². The van der Waals surface area contributed by atoms with Gasteiger partial charge in [-0.15, -0.1) is 0 Å². The zero-order valence-electron chi connectivity index (χ0n) is 11.7. The van der Waals surface area contributed by atoms with Gasteiger partial charge in [0.15, 0.2) is 0 Å². The van der Waals surface area contributed by atoms with Gasteiger partial charge in [-0.25, -0.2) is 4.98 Å². The first-order chi connectivity index (χ1) is 10.3. The molecule has 1 unspecified atom stereocenters. The Labute approximate surface area is 123 Å². The van der Waals surface area contributed by atoms with E-state index in [1.165, 1.54) is 0 Å². The molecule has 0 aliphatic heterocycles. The molecule has 21 heavy (non-hydrogen) atoms. The van der Waals surface area contributed by atoms with E-state index in [-0.39, 0.29) is 5.92 Å². The van der Waals surface area contributed by atoms with Gasteiger partial charge in [-0.2, -0.15) is 5.26 Å². The van der Waals surface area contributed by atoms with Crippen LogP contribution in [-0.4, -0.2) is 17.1 Å². The highest BCUT2D eigenvalue weighted by Gasteiger charge is 2.16. The topological polar surface area (TPSA) is 61.7 Å². The predicted molar refractivity (Wildman–Crippen MR) is 81.1 cm³/mol. The lowest BCUT2D eigenvalue weighted by atomic mass is 10.00. The quantitative estimate of drug-likeness (QED) is 0.794. The van der Waals surface area contributed by atoms with E-state index in [1.54, 1.807) is 7.11 Å². The van der Waals surface area contributed by atoms with E-state index in [1.807, 2.05) is 48.5 Å². The van der Waals surface area contributed by atoms with Crippen LogP contribution in [0.15, 0.2) is 48.5 Å². The Bertz CT molecular complexity index is 751. The molecule has 0 aliphatic carbocycles. The predicted octanol–water partition coefficient (Wildman–Crippen LogP) is 3.42. The van der Waals surface area contributed by atoms with Crippen molar-refractivity contribution in [2.24, 2.45) is 0 Å². The van der Waals surface area contributed by atoms with Crippen LogP contribution < -0.4 is 4.74 Å². The number of benzene rings is 2. The highest BCUT2D eigenvalue weighted by atomic mass is 16.5. The number of hydrogen-bond donors (Lipinski definition) is 1. The highest BCUT2D eigenvalue weighted by Crippen LogP contribution is 2.22. The number of para-hydroxylation sites is 2. The van der Waals surface area contributed by atoms with Gasteiger partial charge in [-0.3, -0.25) is 0 Å². The van der Waals surface area contributed by atoms with Crippen molar-refractivity contribution in [3.05, 3.63) is 59.9 Å². The fourth-order valence-corrected chi connectivity index (χ4v) is 2.34. The molecular formula is C17H15N3O. The molecule has 0 saturated heterocycles. The molecular weight excluding hydrogens is 262 g/mol. The summed E-state index contributed by atoms with van der Waals surface area (Å²) >= 11 is 0. The molecule has 3 rings (SSSR count). The van der Waals surface area contributed by atoms with Gasteiger partial charge in [0.05, 0.1) is 24.2 Å². The van der Waals surface area contributed by atoms with Crippen molar-refractivity contribution in [3.8, 4) is 11.8 Å². The summed E-state index contributed by atoms with van der Waals surface area (Å²) in [6.45, 7) is 0. The van der Waals surface area contributed by atoms with Gasteiger partial charge in [-0.1, -0.05) is 24.3 Å². The Morgan fingerprint density at radius 2 is 1.95 bits per heavy atom. The van der Waals surface area contributed by atoms with Crippen molar-refractivity contribution in [1.29, 1.82) is 5.26 Å². The van der Waals surface area contributed by atoms with Crippen LogP contribution in [0.4, 0.5) is 0 Å². The largest absolute Gasteiger partial charge is 0.497 e. The molecule has 4 heteroatoms. The minimum absolute atomic E-state index is 0.286. The monoisotopic (exact) mass is 277 g/mol. The fourth-order valence-electron chi connectivity index (χ4n) is 2.34. The summed E-state index contributed by atoms with van der Waals surface area (Å²) in [6, 6.07) is 17.9. The van der Waals surface area contributed by atoms with Gasteiger partial charge in [-0.05, 0) is 36.2 Å². The summed E-state index contributed by atoms with van der Waals surface area (Å²) < 4.78 is 5.14. The Hall–Kier alpha value is -2.80. The van der Waals surface area contributed by atoms with Gasteiger partial charge in [0.25, 0.3) is 0 Å². The fraction of sp³-hybridized carbons (Fsp3) is 0.176. The van der Waals surface area contributed by atoms with E-state index in [2.05, 4.69) is 16.0 Å². The van der Waals surface area contributed by atoms with Crippen molar-refractivity contribution >= 4 is 11.0 Å². The van der Waals surface area contributed by atoms with Crippen LogP contribution in [-0.2, 0) is 6.42 Å². The second kappa shape index (κ2) is 5.68. The van der Waals surface area contributed by atoms with Crippen molar-refractivity contribution in [1.82, 2.24) is 9.97 Å². The van der Waals surface area contributed by atoms with Crippen LogP contribution in [0.3, 0.4) is 0 Å². The molecule has 0 saturated carbocycles. The average molecular weight is 277 g/mol. The standard InChI is InChI=1S/C17H15N3O/c1-21-14-8-6-12(7-9-14)10-13(11-18)17-19-15-4-2-3-5-16(15)20-17/h2-9,13H,10H2,1H3,(H,19,20). The van der Waals surface area contributed by atoms with E-state index in [9.17, 15) is 5.26 Å². The van der Waals surface area contributed by atoms with Crippen LogP contribution >= 0.6 is 0 Å². The first-order valence-corrected chi connectivity index (χ1v) is 6.77. The SMILES string of the molecule is COc1ccc(CC(C#N)c2nc3ccccc3[nH]2)cc1. The zero-order chi connectivity index (χ0) is 14.7. The third kappa shape index (κ3) is 2.72. The molecule has 0 aliphatic rings. The number of H-pyrrole nitrogens is 1. The van der Waals surface area contributed by atoms with Gasteiger partial charge < -0.3 is 9.72 Å². The van der Waals surface area contributed by atoms with Crippen molar-refractivity contribution < 1.29 is 4.74 Å². The average Bonchev–Trinajstić information content (AvgIpc) is 2.97. The van der Waals surface area contributed by atoms with E-state index in [0.29, 0.717) is 6.42 Å². The zero-order valence-corrected chi connectivity index (χ0v) is 11.7. The first kappa shape index (κ1) is 13.2. The number of ether oxygens (including phenoxy) is 1. The van der Waals surface area contributed by atoms with Crippen molar-refractivity contribution in [3.63, 3.8) is 0 Å². The molecule has 1 N–H and O–H groups in total. The molecule has 0 radical (unpaired) electrons. The Balaban J connectivity index is 1.85. The first-order valence-electron chi connectivity index (χ1n) is 6.77. The molecule has 0 amide bonds. The minimum atomic E-state index is -0.286. The van der Waals surface area contributed by atoms with E-state index >= 15 is 0 Å². The molecule has 4 nitrogen and oxygen atoms in total. The van der Waals surface area contributed by atoms with Crippen LogP contribution in [0.25, 0.3) is 11.0 Å². The molecule has 3 aromatic rings. The number of hydrogen-bond acceptors (Lipinski definition) is 3. The third-order valence-corrected chi connectivity index (χ3v) is 3.49. The normalized spacial score (nSPS) is 12.0. The summed E-state index contributed by atoms with van der Waals surface area (Å²) in [5.41, 5.74) is 2.94. The summed E-state index contributed by atoms with van der Waals surface area (Å²) in [5.74, 6) is 1.25. The Morgan fingerprint density at radius 1 is 1.19 bits per heavy atom. The lowest BCUT2D eigenvalue weighted by Crippen LogP contribution is -2.02. The van der Waals surface area contributed by atoms with Crippen molar-refractivity contribution in [2.75, 3.05) is 7.11 Å². The molecule has 1 atom stereocenters. The van der Waals surface area contributed by atoms with E-state index < -0.39 is 0 Å². The summed E-state index contributed by atoms with van der Waals surface area (Å²) in [5, 5.41) is 9.43. The number of nitrogens with one attached hydrogen (secondary N) is 1. The molecule has 0 spiro atoms. The summed E-state index contributed by atoms with van der Waals surface area (Å²) in [7, 11) is 1.64. The lowest BCUT2D eigenvalue weighted by molar-refractivity contribution is 0.414. The third-order valence-electron chi connectivity index (χ3n) is 3.49. The molecule has 1 heterocycles. The Morgan fingerprint density at radius 3 is 2.62 bits per heavy atom. The number of nitrogens with zero attached hydrogens (tertiary/aromatic N) is 2. The summed E-state index contributed by atoms with van der Waals surface area (Å²) in [4.78, 5) is 7.74. The number of aromatic amines is 1. The molecule has 0 fully saturated rings. The van der Waals surface area contributed by atoms with Crippen LogP contribution in [0, 0.1) is 11.3 Å². The number of aromatic nitrogens is 2. The lowest BCUT2D eigenvalue weighted by Gasteiger charge is -2.07. The second-order valence-corrected chi connectivity index (χ2v) is 4.87. The van der Waals surface area contributed by atoms with E-state index in [0.717, 1.165) is 28.2 Å². The number of rotatable bonds is 4.